The number of rotatable bonds is 6. The molecule has 0 aliphatic heterocycles. The summed E-state index contributed by atoms with van der Waals surface area (Å²) in [6.07, 6.45) is 0. The van der Waals surface area contributed by atoms with Crippen molar-refractivity contribution >= 4 is 87.7 Å². The summed E-state index contributed by atoms with van der Waals surface area (Å²) in [6, 6.07) is 25.6. The molecule has 0 aliphatic carbocycles. The number of hydrogen-bond acceptors (Lipinski definition) is 12. The van der Waals surface area contributed by atoms with Crippen molar-refractivity contribution < 1.29 is 36.2 Å². The monoisotopic (exact) mass is 750 g/mol. The topological polar surface area (TPSA) is 204 Å². The molecular weight excluding hydrogens is 727 g/mol. The first-order valence-corrected chi connectivity index (χ1v) is 17.9. The molecule has 0 saturated heterocycles. The summed E-state index contributed by atoms with van der Waals surface area (Å²) in [5.74, 6) is -0.223. The Labute approximate surface area is 296 Å². The summed E-state index contributed by atoms with van der Waals surface area (Å²) in [6.45, 7) is 3.30. The van der Waals surface area contributed by atoms with Crippen molar-refractivity contribution in [3.8, 4) is 11.5 Å². The van der Waals surface area contributed by atoms with Gasteiger partial charge in [-0.2, -0.15) is 0 Å². The molecule has 16 heteroatoms. The van der Waals surface area contributed by atoms with Gasteiger partial charge in [-0.1, -0.05) is 83.9 Å². The van der Waals surface area contributed by atoms with Crippen LogP contribution < -0.4 is 0 Å². The Kier molecular flexibility index (Phi) is 10.5. The van der Waals surface area contributed by atoms with Gasteiger partial charge in [-0.15, -0.1) is 20.5 Å². The Bertz CT molecular complexity index is 2400. The predicted octanol–water partition coefficient (Wildman–Crippen LogP) is 9.65. The highest BCUT2D eigenvalue weighted by Crippen LogP contribution is 2.39. The van der Waals surface area contributed by atoms with E-state index in [1.165, 1.54) is 24.3 Å². The Morgan fingerprint density at radius 1 is 0.540 bits per heavy atom. The molecule has 0 aromatic heterocycles. The molecule has 6 aromatic rings. The van der Waals surface area contributed by atoms with Crippen LogP contribution in [-0.4, -0.2) is 36.2 Å². The van der Waals surface area contributed by atoms with Gasteiger partial charge in [-0.05, 0) is 72.1 Å². The third-order valence-corrected chi connectivity index (χ3v) is 9.84. The zero-order valence-electron chi connectivity index (χ0n) is 25.9. The number of aromatic hydroxyl groups is 2. The highest BCUT2D eigenvalue weighted by molar-refractivity contribution is 7.86. The van der Waals surface area contributed by atoms with Gasteiger partial charge < -0.3 is 19.3 Å². The number of hydrogen-bond donors (Lipinski definition) is 2. The second-order valence-electron chi connectivity index (χ2n) is 10.8. The summed E-state index contributed by atoms with van der Waals surface area (Å²) < 4.78 is 68.7. The molecule has 0 aliphatic rings. The lowest BCUT2D eigenvalue weighted by molar-refractivity contribution is 0.461. The molecule has 0 unspecified atom stereocenters. The summed E-state index contributed by atoms with van der Waals surface area (Å²) in [4.78, 5) is -1.13. The molecule has 6 aromatic carbocycles. The first-order chi connectivity index (χ1) is 23.5. The van der Waals surface area contributed by atoms with E-state index in [1.807, 2.05) is 24.3 Å². The second kappa shape index (κ2) is 14.5. The fraction of sp³-hybridized carbons (Fsp3) is 0.0588. The third kappa shape index (κ3) is 8.08. The first-order valence-electron chi connectivity index (χ1n) is 14.3. The smallest absolute Gasteiger partial charge is 0.143 e. The number of phenols is 2. The molecule has 0 saturated carbocycles. The lowest BCUT2D eigenvalue weighted by Gasteiger charge is -2.11. The quantitative estimate of drug-likeness (QED) is 0.123. The number of phenolic OH excluding ortho intramolecular Hbond substituents is 2. The Balaban J connectivity index is 0.000000194. The lowest BCUT2D eigenvalue weighted by atomic mass is 10.1. The van der Waals surface area contributed by atoms with Crippen LogP contribution in [0.15, 0.2) is 127 Å². The molecule has 0 bridgehead atoms. The van der Waals surface area contributed by atoms with Crippen LogP contribution in [0, 0.1) is 13.8 Å². The number of aryl methyl sites for hydroxylation is 2. The minimum Gasteiger partial charge on any atom is -0.744 e. The van der Waals surface area contributed by atoms with E-state index < -0.39 is 30.0 Å². The average Bonchev–Trinajstić information content (AvgIpc) is 3.06. The number of nitrogens with zero attached hydrogens (tertiary/aromatic N) is 4. The SMILES string of the molecule is Cc1cc(N=Nc2c(O)ccc3ccccc23)c(S(=O)(=O)[O-])cc1Cl.Cc1cc(N=Nc2c(O)ccc3ccccc23)c(S(=O)(=O)[O-])cc1Cl. The van der Waals surface area contributed by atoms with Gasteiger partial charge in [0.05, 0.1) is 9.79 Å². The van der Waals surface area contributed by atoms with Crippen LogP contribution in [0.4, 0.5) is 22.7 Å². The molecule has 6 rings (SSSR count). The normalized spacial score (nSPS) is 12.1. The fourth-order valence-electron chi connectivity index (χ4n) is 4.76. The first kappa shape index (κ1) is 36.3. The molecule has 12 nitrogen and oxygen atoms in total. The van der Waals surface area contributed by atoms with E-state index in [1.54, 1.807) is 50.2 Å². The van der Waals surface area contributed by atoms with Crippen molar-refractivity contribution in [1.29, 1.82) is 0 Å². The Hall–Kier alpha value is -4.96. The molecule has 256 valence electrons. The van der Waals surface area contributed by atoms with Crippen LogP contribution in [0.25, 0.3) is 21.5 Å². The van der Waals surface area contributed by atoms with Gasteiger partial charge in [-0.25, -0.2) is 16.8 Å². The standard InChI is InChI=1S/2C17H13ClN2O4S/c2*1-10-8-14(16(9-13(10)18)25(22,23)24)19-20-17-12-5-3-2-4-11(12)6-7-15(17)21/h2*2-9,21H,1H3,(H,22,23,24)/p-2. The van der Waals surface area contributed by atoms with Crippen LogP contribution in [-0.2, 0) is 20.2 Å². The van der Waals surface area contributed by atoms with E-state index in [4.69, 9.17) is 23.2 Å². The van der Waals surface area contributed by atoms with Gasteiger partial charge in [0.15, 0.2) is 0 Å². The Morgan fingerprint density at radius 3 is 1.26 bits per heavy atom. The van der Waals surface area contributed by atoms with Crippen molar-refractivity contribution in [1.82, 2.24) is 0 Å². The molecule has 0 radical (unpaired) electrons. The highest BCUT2D eigenvalue weighted by atomic mass is 35.5. The van der Waals surface area contributed by atoms with Gasteiger partial charge in [0, 0.05) is 20.8 Å². The van der Waals surface area contributed by atoms with Crippen molar-refractivity contribution in [2.75, 3.05) is 0 Å². The Morgan fingerprint density at radius 2 is 0.900 bits per heavy atom. The van der Waals surface area contributed by atoms with E-state index in [9.17, 15) is 36.2 Å². The summed E-state index contributed by atoms with van der Waals surface area (Å²) in [5, 5.41) is 39.1. The van der Waals surface area contributed by atoms with Gasteiger partial charge in [0.2, 0.25) is 0 Å². The van der Waals surface area contributed by atoms with Crippen molar-refractivity contribution in [3.05, 3.63) is 118 Å². The minimum absolute atomic E-state index is 0.111. The van der Waals surface area contributed by atoms with E-state index >= 15 is 0 Å². The molecule has 50 heavy (non-hydrogen) atoms. The van der Waals surface area contributed by atoms with E-state index in [0.29, 0.717) is 21.9 Å². The predicted molar refractivity (Wildman–Crippen MR) is 188 cm³/mol. The molecule has 2 N–H and O–H groups in total. The minimum atomic E-state index is -4.78. The number of fused-ring (bicyclic) bond motifs is 2. The maximum Gasteiger partial charge on any atom is 0.143 e. The van der Waals surface area contributed by atoms with E-state index in [-0.39, 0.29) is 44.3 Å². The maximum atomic E-state index is 11.4. The second-order valence-corrected chi connectivity index (χ2v) is 14.3. The van der Waals surface area contributed by atoms with Crippen molar-refractivity contribution in [2.45, 2.75) is 23.6 Å². The van der Waals surface area contributed by atoms with Crippen molar-refractivity contribution in [3.63, 3.8) is 0 Å². The van der Waals surface area contributed by atoms with E-state index in [2.05, 4.69) is 20.5 Å². The third-order valence-electron chi connectivity index (χ3n) is 7.29. The van der Waals surface area contributed by atoms with Crippen LogP contribution in [0.2, 0.25) is 10.0 Å². The molecule has 0 heterocycles. The molecule has 0 atom stereocenters. The zero-order chi connectivity index (χ0) is 36.4. The molecule has 0 amide bonds. The van der Waals surface area contributed by atoms with Gasteiger partial charge >= 0.3 is 0 Å². The van der Waals surface area contributed by atoms with Crippen LogP contribution in [0.1, 0.15) is 11.1 Å². The average molecular weight is 752 g/mol. The van der Waals surface area contributed by atoms with Gasteiger partial charge in [0.25, 0.3) is 0 Å². The van der Waals surface area contributed by atoms with E-state index in [0.717, 1.165) is 22.9 Å². The zero-order valence-corrected chi connectivity index (χ0v) is 29.1. The van der Waals surface area contributed by atoms with Crippen LogP contribution >= 0.6 is 23.2 Å². The number of benzene rings is 6. The largest absolute Gasteiger partial charge is 0.744 e. The summed E-state index contributed by atoms with van der Waals surface area (Å²) in [7, 11) is -9.56. The number of azo groups is 2. The van der Waals surface area contributed by atoms with Crippen LogP contribution in [0.3, 0.4) is 0 Å². The molecule has 0 spiro atoms. The summed E-state index contributed by atoms with van der Waals surface area (Å²) >= 11 is 11.8. The summed E-state index contributed by atoms with van der Waals surface area (Å²) in [5.41, 5.74) is 1.18. The van der Waals surface area contributed by atoms with Gasteiger partial charge in [-0.3, -0.25) is 0 Å². The maximum absolute atomic E-state index is 11.4. The molecular formula is C34H24Cl2N4O8S2-2. The van der Waals surface area contributed by atoms with Crippen LogP contribution in [0.5, 0.6) is 11.5 Å². The van der Waals surface area contributed by atoms with Gasteiger partial charge in [0.1, 0.15) is 54.5 Å². The number of halogens is 2. The fourth-order valence-corrected chi connectivity index (χ4v) is 6.45. The highest BCUT2D eigenvalue weighted by Gasteiger charge is 2.15. The van der Waals surface area contributed by atoms with Crippen molar-refractivity contribution in [2.24, 2.45) is 20.5 Å². The lowest BCUT2D eigenvalue weighted by Crippen LogP contribution is -1.99. The molecule has 0 fully saturated rings.